The van der Waals surface area contributed by atoms with Crippen LogP contribution in [0.15, 0.2) is 9.59 Å². The first-order valence-electron chi connectivity index (χ1n) is 11.1. The summed E-state index contributed by atoms with van der Waals surface area (Å²) in [6.07, 6.45) is 1.57. The van der Waals surface area contributed by atoms with Crippen LogP contribution >= 0.6 is 11.3 Å². The molecular weight excluding hydrogens is 428 g/mol. The van der Waals surface area contributed by atoms with Crippen molar-refractivity contribution in [1.82, 2.24) is 19.3 Å². The molecule has 0 bridgehead atoms. The maximum absolute atomic E-state index is 13.7. The van der Waals surface area contributed by atoms with Gasteiger partial charge in [0.1, 0.15) is 4.83 Å². The monoisotopic (exact) mass is 458 g/mol. The zero-order valence-corrected chi connectivity index (χ0v) is 20.0. The minimum Gasteiger partial charge on any atom is -0.393 e. The molecule has 3 heterocycles. The van der Waals surface area contributed by atoms with Gasteiger partial charge in [0.05, 0.1) is 17.2 Å². The number of aliphatic hydroxyl groups excluding tert-OH is 1. The minimum absolute atomic E-state index is 0.103. The van der Waals surface area contributed by atoms with Crippen molar-refractivity contribution >= 4 is 27.3 Å². The molecule has 0 aromatic carbocycles. The van der Waals surface area contributed by atoms with Gasteiger partial charge in [0.2, 0.25) is 0 Å². The fraction of sp³-hybridized carbons (Fsp3) is 0.565. The molecule has 4 rings (SSSR count). The molecule has 0 radical (unpaired) electrons. The number of aryl methyl sites for hydroxylation is 2. The summed E-state index contributed by atoms with van der Waals surface area (Å²) in [7, 11) is 1.47. The van der Waals surface area contributed by atoms with Gasteiger partial charge < -0.3 is 5.11 Å². The Morgan fingerprint density at radius 3 is 2.56 bits per heavy atom. The largest absolute Gasteiger partial charge is 0.393 e. The average molecular weight is 459 g/mol. The van der Waals surface area contributed by atoms with Crippen molar-refractivity contribution in [2.24, 2.45) is 18.9 Å². The third kappa shape index (κ3) is 3.77. The number of thiophene rings is 1. The molecule has 0 amide bonds. The molecule has 3 aromatic rings. The topological polar surface area (TPSA) is 110 Å². The van der Waals surface area contributed by atoms with Crippen molar-refractivity contribution in [3.05, 3.63) is 48.2 Å². The highest BCUT2D eigenvalue weighted by Crippen LogP contribution is 2.37. The first-order chi connectivity index (χ1) is 15.1. The Bertz CT molecular complexity index is 1290. The van der Waals surface area contributed by atoms with Gasteiger partial charge in [-0.2, -0.15) is 5.10 Å². The third-order valence-corrected chi connectivity index (χ3v) is 7.64. The molecule has 1 aliphatic carbocycles. The number of carbonyl (C=O) groups is 1. The summed E-state index contributed by atoms with van der Waals surface area (Å²) < 4.78 is 2.74. The second-order valence-electron chi connectivity index (χ2n) is 9.35. The molecular formula is C23H30N4O4S. The van der Waals surface area contributed by atoms with Crippen LogP contribution in [0.4, 0.5) is 0 Å². The first-order valence-corrected chi connectivity index (χ1v) is 11.9. The number of rotatable bonds is 6. The van der Waals surface area contributed by atoms with Crippen LogP contribution < -0.4 is 11.2 Å². The maximum Gasteiger partial charge on any atom is 0.331 e. The van der Waals surface area contributed by atoms with Crippen molar-refractivity contribution in [1.29, 1.82) is 0 Å². The van der Waals surface area contributed by atoms with Crippen molar-refractivity contribution < 1.29 is 9.90 Å². The summed E-state index contributed by atoms with van der Waals surface area (Å²) in [4.78, 5) is 41.3. The predicted molar refractivity (Wildman–Crippen MR) is 125 cm³/mol. The molecule has 1 saturated carbocycles. The number of nitrogens with zero attached hydrogens (tertiary/aromatic N) is 3. The van der Waals surface area contributed by atoms with Gasteiger partial charge >= 0.3 is 5.69 Å². The number of ketones is 1. The smallest absolute Gasteiger partial charge is 0.331 e. The van der Waals surface area contributed by atoms with Crippen molar-refractivity contribution in [2.75, 3.05) is 0 Å². The molecule has 1 fully saturated rings. The van der Waals surface area contributed by atoms with Gasteiger partial charge in [0.15, 0.2) is 5.78 Å². The predicted octanol–water partition coefficient (Wildman–Crippen LogP) is 2.69. The van der Waals surface area contributed by atoms with Crippen molar-refractivity contribution in [3.8, 4) is 0 Å². The lowest BCUT2D eigenvalue weighted by molar-refractivity contribution is 0.0907. The van der Waals surface area contributed by atoms with Gasteiger partial charge in [-0.1, -0.05) is 13.8 Å². The maximum atomic E-state index is 13.7. The van der Waals surface area contributed by atoms with Crippen LogP contribution in [0.5, 0.6) is 0 Å². The van der Waals surface area contributed by atoms with Gasteiger partial charge in [-0.25, -0.2) is 4.79 Å². The Labute approximate surface area is 189 Å². The standard InChI is InChI=1S/C23H30N4O4S/c1-11(2)10-27-22-19(21(30)26(5)23(27)31)18(20(29)14-6-7-15(28)8-14)17(32-22)9-16-12(3)24-25-13(16)4/h11,14-15,28H,6-10H2,1-5H3,(H,24,25)/t14?,15-/m1/s1. The number of aromatic nitrogens is 4. The van der Waals surface area contributed by atoms with Crippen LogP contribution in [-0.2, 0) is 20.0 Å². The number of Topliss-reactive ketones (excluding diaryl/α,β-unsaturated/α-hetero) is 1. The van der Waals surface area contributed by atoms with E-state index in [1.807, 2.05) is 27.7 Å². The van der Waals surface area contributed by atoms with Crippen molar-refractivity contribution in [3.63, 3.8) is 0 Å². The van der Waals surface area contributed by atoms with Gasteiger partial charge in [-0.15, -0.1) is 11.3 Å². The van der Waals surface area contributed by atoms with Gasteiger partial charge in [0.25, 0.3) is 5.56 Å². The lowest BCUT2D eigenvalue weighted by Crippen LogP contribution is -2.38. The van der Waals surface area contributed by atoms with Crippen LogP contribution in [0.1, 0.15) is 65.3 Å². The van der Waals surface area contributed by atoms with Crippen LogP contribution in [-0.4, -0.2) is 36.3 Å². The number of hydrogen-bond donors (Lipinski definition) is 2. The van der Waals surface area contributed by atoms with E-state index in [0.717, 1.165) is 26.4 Å². The van der Waals surface area contributed by atoms with E-state index >= 15 is 0 Å². The van der Waals surface area contributed by atoms with E-state index in [0.29, 0.717) is 48.0 Å². The summed E-state index contributed by atoms with van der Waals surface area (Å²) in [5.41, 5.74) is 2.38. The second-order valence-corrected chi connectivity index (χ2v) is 10.4. The number of fused-ring (bicyclic) bond motifs is 1. The molecule has 3 aromatic heterocycles. The molecule has 9 heteroatoms. The number of hydrogen-bond acceptors (Lipinski definition) is 6. The molecule has 0 spiro atoms. The molecule has 32 heavy (non-hydrogen) atoms. The minimum atomic E-state index is -0.488. The van der Waals surface area contributed by atoms with Crippen molar-refractivity contribution in [2.45, 2.75) is 66.0 Å². The molecule has 1 aliphatic rings. The fourth-order valence-corrected chi connectivity index (χ4v) is 5.99. The van der Waals surface area contributed by atoms with E-state index in [9.17, 15) is 19.5 Å². The molecule has 1 unspecified atom stereocenters. The molecule has 2 atom stereocenters. The quantitative estimate of drug-likeness (QED) is 0.552. The van der Waals surface area contributed by atoms with E-state index < -0.39 is 11.7 Å². The Morgan fingerprint density at radius 1 is 1.28 bits per heavy atom. The third-order valence-electron chi connectivity index (χ3n) is 6.43. The fourth-order valence-electron chi connectivity index (χ4n) is 4.68. The number of H-pyrrole nitrogens is 1. The second kappa shape index (κ2) is 8.44. The summed E-state index contributed by atoms with van der Waals surface area (Å²) in [6.45, 7) is 8.34. The summed E-state index contributed by atoms with van der Waals surface area (Å²) in [6, 6.07) is 0. The Balaban J connectivity index is 2.00. The van der Waals surface area contributed by atoms with Gasteiger partial charge in [0, 0.05) is 47.6 Å². The number of aliphatic hydroxyl groups is 1. The Kier molecular flexibility index (Phi) is 5.98. The summed E-state index contributed by atoms with van der Waals surface area (Å²) in [5, 5.41) is 17.6. The van der Waals surface area contributed by atoms with Crippen LogP contribution in [0.2, 0.25) is 0 Å². The molecule has 172 valence electrons. The summed E-state index contributed by atoms with van der Waals surface area (Å²) >= 11 is 1.36. The zero-order valence-electron chi connectivity index (χ0n) is 19.2. The lowest BCUT2D eigenvalue weighted by atomic mass is 9.93. The molecule has 2 N–H and O–H groups in total. The van der Waals surface area contributed by atoms with E-state index in [1.165, 1.54) is 18.4 Å². The van der Waals surface area contributed by atoms with E-state index in [2.05, 4.69) is 10.2 Å². The highest BCUT2D eigenvalue weighted by Gasteiger charge is 2.34. The number of nitrogens with one attached hydrogen (secondary N) is 1. The number of aromatic amines is 1. The van der Waals surface area contributed by atoms with Crippen LogP contribution in [0, 0.1) is 25.7 Å². The van der Waals surface area contributed by atoms with E-state index in [-0.39, 0.29) is 23.3 Å². The van der Waals surface area contributed by atoms with Gasteiger partial charge in [-0.3, -0.25) is 23.8 Å². The van der Waals surface area contributed by atoms with E-state index in [1.54, 1.807) is 4.57 Å². The van der Waals surface area contributed by atoms with E-state index in [4.69, 9.17) is 0 Å². The Hall–Kier alpha value is -2.52. The van der Waals surface area contributed by atoms with Crippen LogP contribution in [0.3, 0.4) is 0 Å². The summed E-state index contributed by atoms with van der Waals surface area (Å²) in [5.74, 6) is -0.224. The average Bonchev–Trinajstić information content (AvgIpc) is 3.42. The SMILES string of the molecule is Cc1n[nH]c(C)c1Cc1sc2c(c1C(=O)C1CC[C@@H](O)C1)c(=O)n(C)c(=O)n2CC(C)C. The van der Waals surface area contributed by atoms with Crippen LogP contribution in [0.25, 0.3) is 10.2 Å². The lowest BCUT2D eigenvalue weighted by Gasteiger charge is -2.13. The normalized spacial score (nSPS) is 18.8. The first kappa shape index (κ1) is 22.7. The Morgan fingerprint density at radius 2 is 2.00 bits per heavy atom. The highest BCUT2D eigenvalue weighted by atomic mass is 32.1. The number of carbonyl (C=O) groups excluding carboxylic acids is 1. The zero-order chi connectivity index (χ0) is 23.3. The highest BCUT2D eigenvalue weighted by molar-refractivity contribution is 7.19. The van der Waals surface area contributed by atoms with Gasteiger partial charge in [-0.05, 0) is 39.0 Å². The molecule has 0 aliphatic heterocycles. The molecule has 8 nitrogen and oxygen atoms in total. The molecule has 0 saturated heterocycles.